The van der Waals surface area contributed by atoms with E-state index in [-0.39, 0.29) is 11.2 Å². The van der Waals surface area contributed by atoms with E-state index in [9.17, 15) is 9.50 Å². The fourth-order valence-corrected chi connectivity index (χ4v) is 4.73. The molecule has 2 nitrogen and oxygen atoms in total. The summed E-state index contributed by atoms with van der Waals surface area (Å²) in [6.07, 6.45) is 3.88. The maximum Gasteiger partial charge on any atom is 0.165 e. The first-order chi connectivity index (χ1) is 9.34. The lowest BCUT2D eigenvalue weighted by atomic mass is 9.68. The molecule has 2 N–H and O–H groups in total. The summed E-state index contributed by atoms with van der Waals surface area (Å²) in [7, 11) is 0. The van der Waals surface area contributed by atoms with Gasteiger partial charge in [-0.25, -0.2) is 4.39 Å². The van der Waals surface area contributed by atoms with E-state index in [0.29, 0.717) is 23.6 Å². The molecular formula is C17H24FNO. The molecule has 0 radical (unpaired) electrons. The maximum atomic E-state index is 13.4. The van der Waals surface area contributed by atoms with Crippen LogP contribution in [-0.2, 0) is 6.54 Å². The van der Waals surface area contributed by atoms with Crippen molar-refractivity contribution in [1.82, 2.24) is 5.32 Å². The number of aromatic hydroxyl groups is 1. The average molecular weight is 277 g/mol. The third-order valence-electron chi connectivity index (χ3n) is 5.84. The van der Waals surface area contributed by atoms with Crippen LogP contribution < -0.4 is 5.32 Å². The number of hydrogen-bond donors (Lipinski definition) is 2. The summed E-state index contributed by atoms with van der Waals surface area (Å²) in [5.74, 6) is 0.0277. The van der Waals surface area contributed by atoms with Crippen LogP contribution in [0, 0.1) is 22.6 Å². The summed E-state index contributed by atoms with van der Waals surface area (Å²) >= 11 is 0. The first-order valence-corrected chi connectivity index (χ1v) is 7.54. The zero-order valence-corrected chi connectivity index (χ0v) is 12.5. The topological polar surface area (TPSA) is 32.3 Å². The van der Waals surface area contributed by atoms with Gasteiger partial charge in [-0.3, -0.25) is 0 Å². The van der Waals surface area contributed by atoms with E-state index in [2.05, 4.69) is 26.1 Å². The Hall–Kier alpha value is -1.09. The number of fused-ring (bicyclic) bond motifs is 2. The molecule has 0 amide bonds. The van der Waals surface area contributed by atoms with Crippen molar-refractivity contribution >= 4 is 0 Å². The van der Waals surface area contributed by atoms with E-state index >= 15 is 0 Å². The van der Waals surface area contributed by atoms with Gasteiger partial charge in [0.05, 0.1) is 0 Å². The van der Waals surface area contributed by atoms with Gasteiger partial charge in [0.25, 0.3) is 0 Å². The van der Waals surface area contributed by atoms with Gasteiger partial charge in [-0.2, -0.15) is 0 Å². The number of para-hydroxylation sites is 1. The largest absolute Gasteiger partial charge is 0.505 e. The Morgan fingerprint density at radius 1 is 1.35 bits per heavy atom. The zero-order valence-electron chi connectivity index (χ0n) is 12.5. The van der Waals surface area contributed by atoms with E-state index < -0.39 is 5.82 Å². The number of nitrogens with one attached hydrogen (secondary N) is 1. The lowest BCUT2D eigenvalue weighted by molar-refractivity contribution is 0.108. The molecule has 0 saturated heterocycles. The van der Waals surface area contributed by atoms with Crippen molar-refractivity contribution in [2.75, 3.05) is 0 Å². The molecule has 1 aromatic carbocycles. The van der Waals surface area contributed by atoms with Crippen LogP contribution in [0.4, 0.5) is 4.39 Å². The van der Waals surface area contributed by atoms with E-state index in [4.69, 9.17) is 0 Å². The third kappa shape index (κ3) is 1.95. The predicted octanol–water partition coefficient (Wildman–Crippen LogP) is 3.84. The van der Waals surface area contributed by atoms with Gasteiger partial charge in [0.1, 0.15) is 0 Å². The van der Waals surface area contributed by atoms with Crippen molar-refractivity contribution in [2.24, 2.45) is 16.7 Å². The summed E-state index contributed by atoms with van der Waals surface area (Å²) < 4.78 is 13.4. The SMILES string of the molecule is CC12CCC(C1)C(C)(C)C2NCc1cccc(F)c1O. The van der Waals surface area contributed by atoms with E-state index in [0.717, 1.165) is 5.92 Å². The fraction of sp³-hybridized carbons (Fsp3) is 0.647. The van der Waals surface area contributed by atoms with Crippen LogP contribution in [0.5, 0.6) is 5.75 Å². The highest BCUT2D eigenvalue weighted by Gasteiger charge is 2.58. The third-order valence-corrected chi connectivity index (χ3v) is 5.84. The molecule has 2 bridgehead atoms. The Balaban J connectivity index is 1.77. The molecule has 3 heteroatoms. The standard InChI is InChI=1S/C17H24FNO/c1-16(2)12-7-8-17(3,9-12)15(16)19-10-11-5-4-6-13(18)14(11)20/h4-6,12,15,19-20H,7-10H2,1-3H3. The monoisotopic (exact) mass is 277 g/mol. The molecule has 2 aliphatic carbocycles. The Kier molecular flexibility index (Phi) is 3.09. The van der Waals surface area contributed by atoms with Gasteiger partial charge >= 0.3 is 0 Å². The quantitative estimate of drug-likeness (QED) is 0.880. The van der Waals surface area contributed by atoms with Gasteiger partial charge in [-0.05, 0) is 42.1 Å². The van der Waals surface area contributed by atoms with Crippen molar-refractivity contribution in [1.29, 1.82) is 0 Å². The van der Waals surface area contributed by atoms with Gasteiger partial charge < -0.3 is 10.4 Å². The first-order valence-electron chi connectivity index (χ1n) is 7.54. The maximum absolute atomic E-state index is 13.4. The fourth-order valence-electron chi connectivity index (χ4n) is 4.73. The van der Waals surface area contributed by atoms with Crippen LogP contribution in [-0.4, -0.2) is 11.1 Å². The Morgan fingerprint density at radius 2 is 2.10 bits per heavy atom. The second-order valence-corrected chi connectivity index (χ2v) is 7.48. The molecule has 2 aliphatic rings. The van der Waals surface area contributed by atoms with Crippen molar-refractivity contribution < 1.29 is 9.50 Å². The minimum atomic E-state index is -0.539. The van der Waals surface area contributed by atoms with E-state index in [1.165, 1.54) is 25.3 Å². The van der Waals surface area contributed by atoms with Crippen LogP contribution in [0.1, 0.15) is 45.6 Å². The predicted molar refractivity (Wildman–Crippen MR) is 77.9 cm³/mol. The molecule has 0 aromatic heterocycles. The Labute approximate surface area is 120 Å². The van der Waals surface area contributed by atoms with Gasteiger partial charge in [0, 0.05) is 18.2 Å². The molecule has 3 atom stereocenters. The number of benzene rings is 1. The molecule has 2 saturated carbocycles. The summed E-state index contributed by atoms with van der Waals surface area (Å²) in [5.41, 5.74) is 1.26. The highest BCUT2D eigenvalue weighted by atomic mass is 19.1. The smallest absolute Gasteiger partial charge is 0.165 e. The molecule has 20 heavy (non-hydrogen) atoms. The van der Waals surface area contributed by atoms with Gasteiger partial charge in [-0.1, -0.05) is 32.9 Å². The lowest BCUT2D eigenvalue weighted by Gasteiger charge is -2.43. The van der Waals surface area contributed by atoms with E-state index in [1.54, 1.807) is 12.1 Å². The minimum Gasteiger partial charge on any atom is -0.505 e. The molecule has 0 aliphatic heterocycles. The highest BCUT2D eigenvalue weighted by molar-refractivity contribution is 5.33. The number of halogens is 1. The summed E-state index contributed by atoms with van der Waals surface area (Å²) in [4.78, 5) is 0. The van der Waals surface area contributed by atoms with Crippen LogP contribution in [0.15, 0.2) is 18.2 Å². The van der Waals surface area contributed by atoms with Crippen molar-refractivity contribution in [3.8, 4) is 5.75 Å². The zero-order chi connectivity index (χ0) is 14.5. The van der Waals surface area contributed by atoms with Crippen molar-refractivity contribution in [3.63, 3.8) is 0 Å². The second-order valence-electron chi connectivity index (χ2n) is 7.48. The van der Waals surface area contributed by atoms with Crippen molar-refractivity contribution in [3.05, 3.63) is 29.6 Å². The number of phenolic OH excluding ortho intramolecular Hbond substituents is 1. The van der Waals surface area contributed by atoms with Crippen LogP contribution in [0.2, 0.25) is 0 Å². The normalized spacial score (nSPS) is 34.6. The average Bonchev–Trinajstić information content (AvgIpc) is 2.85. The molecule has 0 spiro atoms. The minimum absolute atomic E-state index is 0.217. The molecular weight excluding hydrogens is 253 g/mol. The molecule has 1 aromatic rings. The van der Waals surface area contributed by atoms with Gasteiger partial charge in [-0.15, -0.1) is 0 Å². The Bertz CT molecular complexity index is 523. The van der Waals surface area contributed by atoms with Crippen molar-refractivity contribution in [2.45, 2.75) is 52.6 Å². The van der Waals surface area contributed by atoms with Gasteiger partial charge in [0.15, 0.2) is 11.6 Å². The molecule has 3 rings (SSSR count). The number of phenols is 1. The first kappa shape index (κ1) is 13.9. The Morgan fingerprint density at radius 3 is 2.75 bits per heavy atom. The molecule has 2 fully saturated rings. The van der Waals surface area contributed by atoms with Crippen LogP contribution in [0.25, 0.3) is 0 Å². The summed E-state index contributed by atoms with van der Waals surface area (Å²) in [6.45, 7) is 7.57. The number of rotatable bonds is 3. The second kappa shape index (κ2) is 4.45. The summed E-state index contributed by atoms with van der Waals surface area (Å²) in [5, 5.41) is 13.4. The molecule has 0 heterocycles. The molecule has 3 unspecified atom stereocenters. The van der Waals surface area contributed by atoms with Crippen LogP contribution in [0.3, 0.4) is 0 Å². The lowest BCUT2D eigenvalue weighted by Crippen LogP contribution is -2.49. The van der Waals surface area contributed by atoms with E-state index in [1.807, 2.05) is 0 Å². The number of hydrogen-bond acceptors (Lipinski definition) is 2. The van der Waals surface area contributed by atoms with Crippen LogP contribution >= 0.6 is 0 Å². The van der Waals surface area contributed by atoms with Gasteiger partial charge in [0.2, 0.25) is 0 Å². The molecule has 110 valence electrons. The summed E-state index contributed by atoms with van der Waals surface area (Å²) in [6, 6.07) is 5.16. The highest BCUT2D eigenvalue weighted by Crippen LogP contribution is 2.62.